The number of ether oxygens (including phenoxy) is 2. The Morgan fingerprint density at radius 2 is 1.72 bits per heavy atom. The normalized spacial score (nSPS) is 29.3. The van der Waals surface area contributed by atoms with Crippen molar-refractivity contribution in [3.05, 3.63) is 0 Å². The lowest BCUT2D eigenvalue weighted by Gasteiger charge is -2.36. The number of hydrogen-bond acceptors (Lipinski definition) is 4. The lowest BCUT2D eigenvalue weighted by atomic mass is 9.97. The topological polar surface area (TPSA) is 47.9 Å². The van der Waals surface area contributed by atoms with Crippen molar-refractivity contribution >= 4 is 9.76 Å². The first-order chi connectivity index (χ1) is 7.97. The van der Waals surface area contributed by atoms with E-state index in [0.29, 0.717) is 0 Å². The molecule has 0 aliphatic carbocycles. The predicted molar refractivity (Wildman–Crippen MR) is 74.3 cm³/mol. The summed E-state index contributed by atoms with van der Waals surface area (Å²) in [5.74, 6) is -0.651. The Kier molecular flexibility index (Phi) is 4.66. The van der Waals surface area contributed by atoms with Gasteiger partial charge in [-0.3, -0.25) is 0 Å². The fourth-order valence-electron chi connectivity index (χ4n) is 2.04. The zero-order valence-corrected chi connectivity index (χ0v) is 14.2. The largest absolute Gasteiger partial charge is 0.416 e. The van der Waals surface area contributed by atoms with Crippen molar-refractivity contribution in [2.45, 2.75) is 77.1 Å². The molecule has 1 fully saturated rings. The van der Waals surface area contributed by atoms with E-state index >= 15 is 0 Å². The zero-order chi connectivity index (χ0) is 14.2. The van der Waals surface area contributed by atoms with Gasteiger partial charge in [0.25, 0.3) is 0 Å². The molecule has 0 radical (unpaired) electrons. The fraction of sp³-hybridized carbons (Fsp3) is 1.00. The van der Waals surface area contributed by atoms with Gasteiger partial charge in [-0.15, -0.1) is 0 Å². The lowest BCUT2D eigenvalue weighted by Crippen LogP contribution is -2.48. The lowest BCUT2D eigenvalue weighted by molar-refractivity contribution is -0.163. The van der Waals surface area contributed by atoms with Gasteiger partial charge >= 0.3 is 0 Å². The Bertz CT molecular complexity index is 283. The molecule has 5 heteroatoms. The van der Waals surface area contributed by atoms with Crippen molar-refractivity contribution in [2.24, 2.45) is 0 Å². The van der Waals surface area contributed by atoms with Crippen molar-refractivity contribution in [2.75, 3.05) is 6.61 Å². The molecule has 0 bridgehead atoms. The second kappa shape index (κ2) is 5.21. The van der Waals surface area contributed by atoms with Gasteiger partial charge in [-0.1, -0.05) is 20.8 Å². The summed E-state index contributed by atoms with van der Waals surface area (Å²) in [6.45, 7) is 14.3. The third-order valence-electron chi connectivity index (χ3n) is 2.93. The summed E-state index contributed by atoms with van der Waals surface area (Å²) in [5, 5.41) is 9.65. The molecule has 1 saturated heterocycles. The van der Waals surface area contributed by atoms with Gasteiger partial charge in [-0.05, 0) is 32.7 Å². The summed E-state index contributed by atoms with van der Waals surface area (Å²) < 4.78 is 17.7. The average molecular weight is 276 g/mol. The number of aliphatic hydroxyl groups excluding tert-OH is 1. The van der Waals surface area contributed by atoms with Gasteiger partial charge < -0.3 is 19.0 Å². The SMILES string of the molecule is CC1(C)O[C@@H](C(C)(C)O[SiH2]C(C)(C)C)[C@@H](CO)O1. The first kappa shape index (κ1) is 16.1. The van der Waals surface area contributed by atoms with Gasteiger partial charge in [0.2, 0.25) is 0 Å². The third kappa shape index (κ3) is 4.31. The van der Waals surface area contributed by atoms with E-state index in [1.165, 1.54) is 0 Å². The van der Waals surface area contributed by atoms with Crippen LogP contribution in [0.15, 0.2) is 0 Å². The smallest absolute Gasteiger partial charge is 0.167 e. The number of rotatable bonds is 4. The van der Waals surface area contributed by atoms with E-state index < -0.39 is 21.2 Å². The Morgan fingerprint density at radius 3 is 2.17 bits per heavy atom. The Morgan fingerprint density at radius 1 is 1.17 bits per heavy atom. The minimum Gasteiger partial charge on any atom is -0.416 e. The standard InChI is InChI=1S/C13H28O4Si/c1-11(2,3)18-17-12(4,5)10-9(8-14)15-13(6,7)16-10/h9-10,14H,8,18H2,1-7H3/t9-,10-/m1/s1. The van der Waals surface area contributed by atoms with E-state index in [1.54, 1.807) is 0 Å². The number of hydrogen-bond donors (Lipinski definition) is 1. The fourth-order valence-corrected chi connectivity index (χ4v) is 3.01. The van der Waals surface area contributed by atoms with E-state index in [0.717, 1.165) is 0 Å². The minimum atomic E-state index is -0.672. The quantitative estimate of drug-likeness (QED) is 0.792. The Labute approximate surface area is 113 Å². The molecule has 0 aromatic heterocycles. The maximum absolute atomic E-state index is 9.41. The van der Waals surface area contributed by atoms with Gasteiger partial charge in [0, 0.05) is 0 Å². The molecule has 0 aromatic carbocycles. The van der Waals surface area contributed by atoms with Crippen LogP contribution in [0.5, 0.6) is 0 Å². The Balaban J connectivity index is 2.71. The van der Waals surface area contributed by atoms with Crippen LogP contribution in [0.25, 0.3) is 0 Å². The van der Waals surface area contributed by atoms with Crippen LogP contribution in [-0.2, 0) is 13.9 Å². The van der Waals surface area contributed by atoms with Crippen LogP contribution in [0.2, 0.25) is 5.04 Å². The molecular weight excluding hydrogens is 248 g/mol. The van der Waals surface area contributed by atoms with Gasteiger partial charge in [-0.2, -0.15) is 0 Å². The van der Waals surface area contributed by atoms with Gasteiger partial charge in [0.05, 0.1) is 12.2 Å². The Hall–Kier alpha value is 0.0569. The van der Waals surface area contributed by atoms with Gasteiger partial charge in [0.15, 0.2) is 15.6 Å². The van der Waals surface area contributed by atoms with E-state index in [2.05, 4.69) is 20.8 Å². The highest BCUT2D eigenvalue weighted by Crippen LogP contribution is 2.36. The highest BCUT2D eigenvalue weighted by molar-refractivity contribution is 6.31. The van der Waals surface area contributed by atoms with Crippen molar-refractivity contribution in [1.29, 1.82) is 0 Å². The van der Waals surface area contributed by atoms with Crippen LogP contribution < -0.4 is 0 Å². The summed E-state index contributed by atoms with van der Waals surface area (Å²) in [7, 11) is -0.672. The minimum absolute atomic E-state index is 0.0437. The van der Waals surface area contributed by atoms with Crippen molar-refractivity contribution in [1.82, 2.24) is 0 Å². The van der Waals surface area contributed by atoms with Crippen LogP contribution in [-0.4, -0.2) is 45.1 Å². The van der Waals surface area contributed by atoms with E-state index in [1.807, 2.05) is 27.7 Å². The molecule has 2 atom stereocenters. The summed E-state index contributed by atoms with van der Waals surface area (Å²) in [6, 6.07) is 0. The molecule has 0 spiro atoms. The predicted octanol–water partition coefficient (Wildman–Crippen LogP) is 1.60. The first-order valence-electron chi connectivity index (χ1n) is 6.57. The van der Waals surface area contributed by atoms with Crippen molar-refractivity contribution < 1.29 is 19.0 Å². The van der Waals surface area contributed by atoms with Crippen LogP contribution in [0, 0.1) is 0 Å². The monoisotopic (exact) mass is 276 g/mol. The number of aliphatic hydroxyl groups is 1. The molecular formula is C13H28O4Si. The van der Waals surface area contributed by atoms with E-state index in [9.17, 15) is 5.11 Å². The van der Waals surface area contributed by atoms with Gasteiger partial charge in [0.1, 0.15) is 12.2 Å². The molecule has 0 aromatic rings. The molecule has 0 saturated carbocycles. The second-order valence-corrected chi connectivity index (χ2v) is 9.93. The van der Waals surface area contributed by atoms with Crippen LogP contribution in [0.1, 0.15) is 48.5 Å². The van der Waals surface area contributed by atoms with Crippen molar-refractivity contribution in [3.63, 3.8) is 0 Å². The van der Waals surface area contributed by atoms with E-state index in [-0.39, 0.29) is 23.9 Å². The molecule has 1 N–H and O–H groups in total. The summed E-state index contributed by atoms with van der Waals surface area (Å²) in [6.07, 6.45) is -0.545. The summed E-state index contributed by atoms with van der Waals surface area (Å²) in [4.78, 5) is 0. The van der Waals surface area contributed by atoms with Crippen LogP contribution in [0.3, 0.4) is 0 Å². The molecule has 1 rings (SSSR count). The zero-order valence-electron chi connectivity index (χ0n) is 12.7. The first-order valence-corrected chi connectivity index (χ1v) is 7.86. The maximum atomic E-state index is 9.41. The maximum Gasteiger partial charge on any atom is 0.167 e. The summed E-state index contributed by atoms with van der Waals surface area (Å²) >= 11 is 0. The molecule has 1 aliphatic rings. The summed E-state index contributed by atoms with van der Waals surface area (Å²) in [5.41, 5.74) is -0.430. The highest BCUT2D eigenvalue weighted by Gasteiger charge is 2.49. The average Bonchev–Trinajstić information content (AvgIpc) is 2.51. The van der Waals surface area contributed by atoms with Crippen molar-refractivity contribution in [3.8, 4) is 0 Å². The molecule has 0 amide bonds. The van der Waals surface area contributed by atoms with Gasteiger partial charge in [-0.25, -0.2) is 0 Å². The molecule has 0 unspecified atom stereocenters. The second-order valence-electron chi connectivity index (χ2n) is 7.23. The molecule has 1 aliphatic heterocycles. The third-order valence-corrected chi connectivity index (χ3v) is 4.68. The molecule has 1 heterocycles. The van der Waals surface area contributed by atoms with Crippen LogP contribution in [0.4, 0.5) is 0 Å². The van der Waals surface area contributed by atoms with Crippen LogP contribution >= 0.6 is 0 Å². The molecule has 18 heavy (non-hydrogen) atoms. The molecule has 4 nitrogen and oxygen atoms in total. The highest BCUT2D eigenvalue weighted by atomic mass is 28.2. The molecule has 108 valence electrons. The van der Waals surface area contributed by atoms with E-state index in [4.69, 9.17) is 13.9 Å².